The van der Waals surface area contributed by atoms with E-state index in [-0.39, 0.29) is 0 Å². The third-order valence-corrected chi connectivity index (χ3v) is 1.87. The van der Waals surface area contributed by atoms with E-state index < -0.39 is 5.97 Å². The molecule has 2 aromatic rings. The number of nitrogen functional groups attached to an aromatic ring is 1. The lowest BCUT2D eigenvalue weighted by molar-refractivity contribution is 0.0528. The van der Waals surface area contributed by atoms with Gasteiger partial charge in [-0.2, -0.15) is 5.10 Å². The average Bonchev–Trinajstić information content (AvgIpc) is 2.60. The Kier molecular flexibility index (Phi) is 2.24. The molecule has 0 aliphatic heterocycles. The summed E-state index contributed by atoms with van der Waals surface area (Å²) in [6.07, 6.45) is 4.48. The number of carbonyl (C=O) groups is 1. The van der Waals surface area contributed by atoms with E-state index in [2.05, 4.69) is 10.1 Å². The highest BCUT2D eigenvalue weighted by Gasteiger charge is 2.14. The molecular formula is C9H10N4O2. The molecule has 0 saturated carbocycles. The molecule has 2 N–H and O–H groups in total. The highest BCUT2D eigenvalue weighted by molar-refractivity contribution is 5.95. The van der Waals surface area contributed by atoms with Gasteiger partial charge >= 0.3 is 5.97 Å². The van der Waals surface area contributed by atoms with Gasteiger partial charge in [0.15, 0.2) is 5.65 Å². The Morgan fingerprint density at radius 2 is 2.40 bits per heavy atom. The van der Waals surface area contributed by atoms with Gasteiger partial charge in [-0.15, -0.1) is 0 Å². The fourth-order valence-electron chi connectivity index (χ4n) is 1.24. The summed E-state index contributed by atoms with van der Waals surface area (Å²) in [5, 5.41) is 3.96. The monoisotopic (exact) mass is 206 g/mol. The van der Waals surface area contributed by atoms with Crippen LogP contribution in [0, 0.1) is 0 Å². The lowest BCUT2D eigenvalue weighted by Gasteiger charge is -1.99. The Labute approximate surface area is 85.7 Å². The van der Waals surface area contributed by atoms with Gasteiger partial charge in [0.2, 0.25) is 0 Å². The van der Waals surface area contributed by atoms with Crippen molar-refractivity contribution in [1.82, 2.24) is 14.6 Å². The summed E-state index contributed by atoms with van der Waals surface area (Å²) < 4.78 is 6.31. The lowest BCUT2D eigenvalue weighted by atomic mass is 10.3. The fourth-order valence-corrected chi connectivity index (χ4v) is 1.24. The predicted octanol–water partition coefficient (Wildman–Crippen LogP) is 0.488. The molecule has 0 aliphatic carbocycles. The minimum absolute atomic E-state index is 0.325. The zero-order chi connectivity index (χ0) is 10.8. The van der Waals surface area contributed by atoms with Gasteiger partial charge in [-0.3, -0.25) is 0 Å². The van der Waals surface area contributed by atoms with Gasteiger partial charge in [0, 0.05) is 0 Å². The van der Waals surface area contributed by atoms with Crippen LogP contribution in [0.25, 0.3) is 5.65 Å². The van der Waals surface area contributed by atoms with Crippen LogP contribution in [0.3, 0.4) is 0 Å². The SMILES string of the molecule is CCOC(=O)c1cnn2cc(N)cnc12. The maximum absolute atomic E-state index is 11.5. The number of hydrogen-bond donors (Lipinski definition) is 1. The molecule has 0 atom stereocenters. The minimum atomic E-state index is -0.426. The molecule has 6 heteroatoms. The third-order valence-electron chi connectivity index (χ3n) is 1.87. The van der Waals surface area contributed by atoms with Crippen molar-refractivity contribution in [3.05, 3.63) is 24.2 Å². The highest BCUT2D eigenvalue weighted by atomic mass is 16.5. The van der Waals surface area contributed by atoms with E-state index in [4.69, 9.17) is 10.5 Å². The van der Waals surface area contributed by atoms with Crippen molar-refractivity contribution in [3.8, 4) is 0 Å². The van der Waals surface area contributed by atoms with E-state index in [0.29, 0.717) is 23.5 Å². The van der Waals surface area contributed by atoms with Gasteiger partial charge in [0.1, 0.15) is 5.56 Å². The van der Waals surface area contributed by atoms with Crippen LogP contribution in [0.15, 0.2) is 18.6 Å². The van der Waals surface area contributed by atoms with Crippen molar-refractivity contribution in [3.63, 3.8) is 0 Å². The summed E-state index contributed by atoms with van der Waals surface area (Å²) in [4.78, 5) is 15.5. The van der Waals surface area contributed by atoms with E-state index in [1.54, 1.807) is 13.1 Å². The highest BCUT2D eigenvalue weighted by Crippen LogP contribution is 2.10. The number of rotatable bonds is 2. The third kappa shape index (κ3) is 1.61. The molecule has 0 unspecified atom stereocenters. The van der Waals surface area contributed by atoms with E-state index >= 15 is 0 Å². The largest absolute Gasteiger partial charge is 0.462 e. The van der Waals surface area contributed by atoms with Crippen molar-refractivity contribution in [2.45, 2.75) is 6.92 Å². The quantitative estimate of drug-likeness (QED) is 0.723. The molecule has 2 aromatic heterocycles. The summed E-state index contributed by atoms with van der Waals surface area (Å²) in [7, 11) is 0. The smallest absolute Gasteiger partial charge is 0.343 e. The van der Waals surface area contributed by atoms with Crippen LogP contribution in [0.1, 0.15) is 17.3 Å². The Morgan fingerprint density at radius 3 is 3.13 bits per heavy atom. The molecule has 2 heterocycles. The molecule has 0 aromatic carbocycles. The van der Waals surface area contributed by atoms with Crippen LogP contribution < -0.4 is 5.73 Å². The van der Waals surface area contributed by atoms with Crippen LogP contribution in [0.5, 0.6) is 0 Å². The summed E-state index contributed by atoms with van der Waals surface area (Å²) in [6.45, 7) is 2.07. The average molecular weight is 206 g/mol. The van der Waals surface area contributed by atoms with Gasteiger partial charge in [0.25, 0.3) is 0 Å². The minimum Gasteiger partial charge on any atom is -0.462 e. The van der Waals surface area contributed by atoms with Gasteiger partial charge < -0.3 is 10.5 Å². The Bertz CT molecular complexity index is 506. The van der Waals surface area contributed by atoms with E-state index in [9.17, 15) is 4.79 Å². The number of anilines is 1. The number of hydrogen-bond acceptors (Lipinski definition) is 5. The maximum Gasteiger partial charge on any atom is 0.343 e. The number of fused-ring (bicyclic) bond motifs is 1. The van der Waals surface area contributed by atoms with Crippen molar-refractivity contribution < 1.29 is 9.53 Å². The summed E-state index contributed by atoms with van der Waals surface area (Å²) in [6, 6.07) is 0. The van der Waals surface area contributed by atoms with Crippen molar-refractivity contribution >= 4 is 17.3 Å². The normalized spacial score (nSPS) is 10.5. The lowest BCUT2D eigenvalue weighted by Crippen LogP contribution is -2.05. The molecule has 6 nitrogen and oxygen atoms in total. The fraction of sp³-hybridized carbons (Fsp3) is 0.222. The summed E-state index contributed by atoms with van der Waals surface area (Å²) >= 11 is 0. The number of nitrogens with two attached hydrogens (primary N) is 1. The standard InChI is InChI=1S/C9H10N4O2/c1-2-15-9(14)7-4-12-13-5-6(10)3-11-8(7)13/h3-5H,2,10H2,1H3. The first-order valence-corrected chi connectivity index (χ1v) is 4.48. The van der Waals surface area contributed by atoms with Crippen LogP contribution in [0.2, 0.25) is 0 Å². The summed E-state index contributed by atoms with van der Waals surface area (Å²) in [5.74, 6) is -0.426. The van der Waals surface area contributed by atoms with Crippen LogP contribution in [-0.4, -0.2) is 27.2 Å². The van der Waals surface area contributed by atoms with Crippen molar-refractivity contribution in [2.75, 3.05) is 12.3 Å². The van der Waals surface area contributed by atoms with Crippen LogP contribution in [0.4, 0.5) is 5.69 Å². The van der Waals surface area contributed by atoms with Crippen molar-refractivity contribution in [1.29, 1.82) is 0 Å². The van der Waals surface area contributed by atoms with Gasteiger partial charge in [-0.05, 0) is 6.92 Å². The zero-order valence-corrected chi connectivity index (χ0v) is 8.17. The van der Waals surface area contributed by atoms with Gasteiger partial charge in [0.05, 0.1) is 30.9 Å². The van der Waals surface area contributed by atoms with Gasteiger partial charge in [-0.25, -0.2) is 14.3 Å². The second-order valence-corrected chi connectivity index (χ2v) is 2.93. The van der Waals surface area contributed by atoms with E-state index in [1.807, 2.05) is 0 Å². The van der Waals surface area contributed by atoms with Gasteiger partial charge in [-0.1, -0.05) is 0 Å². The van der Waals surface area contributed by atoms with E-state index in [1.165, 1.54) is 16.9 Å². The number of ether oxygens (including phenoxy) is 1. The number of nitrogens with zero attached hydrogens (tertiary/aromatic N) is 3. The maximum atomic E-state index is 11.5. The molecule has 0 saturated heterocycles. The number of carbonyl (C=O) groups excluding carboxylic acids is 1. The predicted molar refractivity (Wildman–Crippen MR) is 53.4 cm³/mol. The second kappa shape index (κ2) is 3.56. The topological polar surface area (TPSA) is 82.5 Å². The first-order chi connectivity index (χ1) is 7.22. The van der Waals surface area contributed by atoms with Crippen LogP contribution in [-0.2, 0) is 4.74 Å². The molecule has 0 amide bonds. The Hall–Kier alpha value is -2.11. The number of aromatic nitrogens is 3. The molecule has 15 heavy (non-hydrogen) atoms. The molecule has 78 valence electrons. The van der Waals surface area contributed by atoms with Crippen molar-refractivity contribution in [2.24, 2.45) is 0 Å². The molecule has 0 bridgehead atoms. The first-order valence-electron chi connectivity index (χ1n) is 4.48. The molecule has 0 spiro atoms. The molecular weight excluding hydrogens is 196 g/mol. The molecule has 0 radical (unpaired) electrons. The Morgan fingerprint density at radius 1 is 1.60 bits per heavy atom. The molecule has 0 aliphatic rings. The first kappa shape index (κ1) is 9.45. The summed E-state index contributed by atoms with van der Waals surface area (Å²) in [5.41, 5.74) is 6.81. The Balaban J connectivity index is 2.49. The van der Waals surface area contributed by atoms with E-state index in [0.717, 1.165) is 0 Å². The molecule has 2 rings (SSSR count). The zero-order valence-electron chi connectivity index (χ0n) is 8.17. The second-order valence-electron chi connectivity index (χ2n) is 2.93. The molecule has 0 fully saturated rings. The number of esters is 1. The van der Waals surface area contributed by atoms with Crippen LogP contribution >= 0.6 is 0 Å².